The summed E-state index contributed by atoms with van der Waals surface area (Å²) in [5.74, 6) is 0. The maximum absolute atomic E-state index is 4.98. The van der Waals surface area contributed by atoms with E-state index in [9.17, 15) is 0 Å². The van der Waals surface area contributed by atoms with E-state index < -0.39 is 0 Å². The molecule has 0 spiro atoms. The molecule has 0 aromatic heterocycles. The predicted molar refractivity (Wildman–Crippen MR) is 62.3 cm³/mol. The lowest BCUT2D eigenvalue weighted by atomic mass is 10.3. The molecule has 0 atom stereocenters. The van der Waals surface area contributed by atoms with Crippen LogP contribution in [0.3, 0.4) is 0 Å². The van der Waals surface area contributed by atoms with Crippen molar-refractivity contribution in [2.24, 2.45) is 0 Å². The monoisotopic (exact) mass is 206 g/mol. The van der Waals surface area contributed by atoms with Crippen molar-refractivity contribution in [1.82, 2.24) is 0 Å². The van der Waals surface area contributed by atoms with Crippen LogP contribution in [0, 0.1) is 0 Å². The van der Waals surface area contributed by atoms with Crippen molar-refractivity contribution in [3.05, 3.63) is 0 Å². The van der Waals surface area contributed by atoms with Crippen molar-refractivity contribution in [2.45, 2.75) is 52.4 Å². The highest BCUT2D eigenvalue weighted by molar-refractivity contribution is 5.75. The van der Waals surface area contributed by atoms with Gasteiger partial charge in [0.25, 0.3) is 0 Å². The largest absolute Gasteiger partial charge is 0.237 e. The topological polar surface area (TPSA) is 18.5 Å². The molecule has 2 nitrogen and oxygen atoms in total. The van der Waals surface area contributed by atoms with E-state index in [1.807, 2.05) is 0 Å². The Labute approximate surface area is 87.0 Å². The second-order valence-electron chi connectivity index (χ2n) is 3.06. The highest BCUT2D eigenvalue weighted by Crippen LogP contribution is 1.97. The van der Waals surface area contributed by atoms with Crippen molar-refractivity contribution in [3.8, 4) is 0 Å². The smallest absolute Gasteiger partial charge is 0.0822 e. The highest BCUT2D eigenvalue weighted by atomic mass is 28.1. The summed E-state index contributed by atoms with van der Waals surface area (Å²) < 4.78 is 0. The van der Waals surface area contributed by atoms with Gasteiger partial charge in [0, 0.05) is 0 Å². The zero-order chi connectivity index (χ0) is 9.07. The lowest BCUT2D eigenvalue weighted by Gasteiger charge is -2.02. The third-order valence-corrected chi connectivity index (χ3v) is 1.75. The Morgan fingerprint density at radius 2 is 1.08 bits per heavy atom. The molecule has 0 heterocycles. The minimum Gasteiger partial charge on any atom is -0.237 e. The zero-order valence-electron chi connectivity index (χ0n) is 8.47. The van der Waals surface area contributed by atoms with E-state index >= 15 is 0 Å². The van der Waals surface area contributed by atoms with Crippen molar-refractivity contribution in [1.29, 1.82) is 0 Å². The normalized spacial score (nSPS) is 9.69. The van der Waals surface area contributed by atoms with Gasteiger partial charge in [-0.15, -0.1) is 0 Å². The summed E-state index contributed by atoms with van der Waals surface area (Å²) in [4.78, 5) is 9.96. The number of hydrogen-bond donors (Lipinski definition) is 0. The van der Waals surface area contributed by atoms with Crippen LogP contribution >= 0.6 is 0 Å². The Bertz CT molecular complexity index is 69.3. The van der Waals surface area contributed by atoms with Crippen LogP contribution in [0.1, 0.15) is 52.4 Å². The van der Waals surface area contributed by atoms with Crippen molar-refractivity contribution in [3.63, 3.8) is 0 Å². The second-order valence-corrected chi connectivity index (χ2v) is 3.06. The van der Waals surface area contributed by atoms with Crippen LogP contribution < -0.4 is 0 Å². The van der Waals surface area contributed by atoms with Crippen LogP contribution in [0.2, 0.25) is 0 Å². The summed E-state index contributed by atoms with van der Waals surface area (Å²) in [5.41, 5.74) is 0. The number of rotatable bonds is 9. The first-order valence-electron chi connectivity index (χ1n) is 5.16. The van der Waals surface area contributed by atoms with Crippen molar-refractivity contribution >= 4 is 11.0 Å². The van der Waals surface area contributed by atoms with Gasteiger partial charge in [-0.2, -0.15) is 0 Å². The molecule has 0 amide bonds. The van der Waals surface area contributed by atoms with Gasteiger partial charge in [-0.05, 0) is 23.8 Å². The van der Waals surface area contributed by atoms with Gasteiger partial charge >= 0.3 is 0 Å². The molecule has 0 aromatic rings. The fourth-order valence-corrected chi connectivity index (χ4v) is 0.940. The second kappa shape index (κ2) is 14.6. The number of hydrogen-bond acceptors (Lipinski definition) is 2. The molecule has 0 aliphatic carbocycles. The SMILES string of the molecule is CCCCCOOCCCCC.[SiH4]. The fourth-order valence-electron chi connectivity index (χ4n) is 0.940. The molecule has 3 heteroatoms. The summed E-state index contributed by atoms with van der Waals surface area (Å²) in [7, 11) is 0. The number of unbranched alkanes of at least 4 members (excludes halogenated alkanes) is 4. The average Bonchev–Trinajstić information content (AvgIpc) is 2.10. The lowest BCUT2D eigenvalue weighted by Crippen LogP contribution is -1.98. The van der Waals surface area contributed by atoms with E-state index in [0.29, 0.717) is 0 Å². The summed E-state index contributed by atoms with van der Waals surface area (Å²) in [5, 5.41) is 0. The van der Waals surface area contributed by atoms with Gasteiger partial charge in [0.05, 0.1) is 13.2 Å². The Hall–Kier alpha value is 0.137. The van der Waals surface area contributed by atoms with Crippen molar-refractivity contribution < 1.29 is 9.78 Å². The molecule has 0 aliphatic heterocycles. The molecule has 0 fully saturated rings. The lowest BCUT2D eigenvalue weighted by molar-refractivity contribution is -0.295. The van der Waals surface area contributed by atoms with Gasteiger partial charge in [0.15, 0.2) is 0 Å². The Balaban J connectivity index is 0. The van der Waals surface area contributed by atoms with E-state index in [0.717, 1.165) is 26.1 Å². The van der Waals surface area contributed by atoms with Gasteiger partial charge < -0.3 is 0 Å². The summed E-state index contributed by atoms with van der Waals surface area (Å²) >= 11 is 0. The Morgan fingerprint density at radius 1 is 0.692 bits per heavy atom. The maximum Gasteiger partial charge on any atom is 0.0822 e. The molecular formula is C10H26O2Si. The van der Waals surface area contributed by atoms with E-state index in [1.54, 1.807) is 0 Å². The first-order chi connectivity index (χ1) is 5.91. The van der Waals surface area contributed by atoms with Crippen LogP contribution in [-0.4, -0.2) is 24.2 Å². The fraction of sp³-hybridized carbons (Fsp3) is 1.00. The third kappa shape index (κ3) is 14.9. The van der Waals surface area contributed by atoms with Gasteiger partial charge in [-0.1, -0.05) is 39.5 Å². The first-order valence-corrected chi connectivity index (χ1v) is 5.16. The van der Waals surface area contributed by atoms with Gasteiger partial charge in [0.2, 0.25) is 0 Å². The van der Waals surface area contributed by atoms with E-state index in [2.05, 4.69) is 13.8 Å². The minimum absolute atomic E-state index is 0. The van der Waals surface area contributed by atoms with Crippen LogP contribution in [0.25, 0.3) is 0 Å². The molecule has 0 saturated carbocycles. The molecule has 82 valence electrons. The third-order valence-electron chi connectivity index (χ3n) is 1.75. The Morgan fingerprint density at radius 3 is 1.38 bits per heavy atom. The molecular weight excluding hydrogens is 180 g/mol. The molecule has 0 N–H and O–H groups in total. The van der Waals surface area contributed by atoms with Gasteiger partial charge in [-0.3, -0.25) is 0 Å². The standard InChI is InChI=1S/C10H22O2.H4Si/c1-3-5-7-9-11-12-10-8-6-4-2;/h3-10H2,1-2H3;1H4. The van der Waals surface area contributed by atoms with Crippen LogP contribution in [0.5, 0.6) is 0 Å². The summed E-state index contributed by atoms with van der Waals surface area (Å²) in [6.07, 6.45) is 7.17. The average molecular weight is 206 g/mol. The van der Waals surface area contributed by atoms with Gasteiger partial charge in [0.1, 0.15) is 0 Å². The van der Waals surface area contributed by atoms with E-state index in [1.165, 1.54) is 25.7 Å². The van der Waals surface area contributed by atoms with Crippen LogP contribution in [-0.2, 0) is 9.78 Å². The first kappa shape index (κ1) is 15.6. The zero-order valence-corrected chi connectivity index (χ0v) is 8.47. The predicted octanol–water partition coefficient (Wildman–Crippen LogP) is 1.86. The Kier molecular flexibility index (Phi) is 17.6. The summed E-state index contributed by atoms with van der Waals surface area (Å²) in [6.45, 7) is 5.87. The molecule has 0 unspecified atom stereocenters. The molecule has 13 heavy (non-hydrogen) atoms. The van der Waals surface area contributed by atoms with Crippen molar-refractivity contribution in [2.75, 3.05) is 13.2 Å². The molecule has 0 aromatic carbocycles. The van der Waals surface area contributed by atoms with Crippen LogP contribution in [0.15, 0.2) is 0 Å². The molecule has 0 bridgehead atoms. The van der Waals surface area contributed by atoms with E-state index in [-0.39, 0.29) is 11.0 Å². The molecule has 0 radical (unpaired) electrons. The van der Waals surface area contributed by atoms with Gasteiger partial charge in [-0.25, -0.2) is 9.78 Å². The quantitative estimate of drug-likeness (QED) is 0.248. The molecule has 0 rings (SSSR count). The highest BCUT2D eigenvalue weighted by Gasteiger charge is 1.89. The molecule has 0 aliphatic rings. The maximum atomic E-state index is 4.98. The van der Waals surface area contributed by atoms with Crippen LogP contribution in [0.4, 0.5) is 0 Å². The summed E-state index contributed by atoms with van der Waals surface area (Å²) in [6, 6.07) is 0. The van der Waals surface area contributed by atoms with E-state index in [4.69, 9.17) is 9.78 Å². The molecule has 0 saturated heterocycles. The minimum atomic E-state index is 0.